The van der Waals surface area contributed by atoms with Gasteiger partial charge in [-0.1, -0.05) is 40.5 Å². The summed E-state index contributed by atoms with van der Waals surface area (Å²) in [5.41, 5.74) is 0.0679. The highest BCUT2D eigenvalue weighted by Gasteiger charge is 2.40. The van der Waals surface area contributed by atoms with Crippen molar-refractivity contribution >= 4 is 5.78 Å². The van der Waals surface area contributed by atoms with Crippen molar-refractivity contribution < 1.29 is 4.79 Å². The van der Waals surface area contributed by atoms with E-state index < -0.39 is 0 Å². The summed E-state index contributed by atoms with van der Waals surface area (Å²) in [4.78, 5) is 12.3. The Balaban J connectivity index is 2.67. The summed E-state index contributed by atoms with van der Waals surface area (Å²) in [6.07, 6.45) is 6.71. The second-order valence-corrected chi connectivity index (χ2v) is 6.11. The topological polar surface area (TPSA) is 17.1 Å². The van der Waals surface area contributed by atoms with E-state index in [0.717, 1.165) is 25.7 Å². The Kier molecular flexibility index (Phi) is 4.36. The van der Waals surface area contributed by atoms with Crippen molar-refractivity contribution in [1.29, 1.82) is 0 Å². The van der Waals surface area contributed by atoms with Gasteiger partial charge < -0.3 is 0 Å². The van der Waals surface area contributed by atoms with E-state index in [-0.39, 0.29) is 5.41 Å². The Morgan fingerprint density at radius 1 is 1.07 bits per heavy atom. The molecule has 0 aromatic carbocycles. The third kappa shape index (κ3) is 3.32. The maximum Gasteiger partial charge on any atom is 0.139 e. The highest BCUT2D eigenvalue weighted by molar-refractivity contribution is 5.85. The minimum absolute atomic E-state index is 0.0679. The number of carbonyl (C=O) groups is 1. The van der Waals surface area contributed by atoms with Gasteiger partial charge in [-0.05, 0) is 31.1 Å². The summed E-state index contributed by atoms with van der Waals surface area (Å²) in [6, 6.07) is 0. The molecule has 1 aliphatic rings. The number of ketones is 1. The lowest BCUT2D eigenvalue weighted by Crippen LogP contribution is -2.30. The molecule has 1 heteroatoms. The zero-order valence-corrected chi connectivity index (χ0v) is 10.8. The molecule has 0 aliphatic heterocycles. The minimum atomic E-state index is 0.0679. The first-order chi connectivity index (χ1) is 6.96. The van der Waals surface area contributed by atoms with Crippen LogP contribution < -0.4 is 0 Å². The number of carbonyl (C=O) groups excluding carboxylic acids is 1. The Labute approximate surface area is 94.6 Å². The highest BCUT2D eigenvalue weighted by atomic mass is 16.1. The van der Waals surface area contributed by atoms with Gasteiger partial charge in [-0.25, -0.2) is 0 Å². The molecule has 0 aromatic heterocycles. The maximum atomic E-state index is 12.3. The van der Waals surface area contributed by atoms with Gasteiger partial charge in [0.25, 0.3) is 0 Å². The molecule has 88 valence electrons. The largest absolute Gasteiger partial charge is 0.299 e. The number of hydrogen-bond acceptors (Lipinski definition) is 1. The van der Waals surface area contributed by atoms with Gasteiger partial charge in [0.05, 0.1) is 0 Å². The minimum Gasteiger partial charge on any atom is -0.299 e. The fourth-order valence-corrected chi connectivity index (χ4v) is 3.02. The molecular formula is C14H26O. The van der Waals surface area contributed by atoms with Crippen LogP contribution in [-0.4, -0.2) is 5.78 Å². The van der Waals surface area contributed by atoms with Crippen LogP contribution in [0.25, 0.3) is 0 Å². The van der Waals surface area contributed by atoms with E-state index in [1.54, 1.807) is 0 Å². The molecule has 0 spiro atoms. The molecule has 0 N–H and O–H groups in total. The summed E-state index contributed by atoms with van der Waals surface area (Å²) in [7, 11) is 0. The van der Waals surface area contributed by atoms with Gasteiger partial charge in [-0.15, -0.1) is 0 Å². The molecule has 0 unspecified atom stereocenters. The monoisotopic (exact) mass is 210 g/mol. The Morgan fingerprint density at radius 3 is 2.00 bits per heavy atom. The molecule has 0 atom stereocenters. The van der Waals surface area contributed by atoms with Crippen molar-refractivity contribution in [3.05, 3.63) is 0 Å². The van der Waals surface area contributed by atoms with E-state index in [9.17, 15) is 4.79 Å². The van der Waals surface area contributed by atoms with Crippen LogP contribution in [0.4, 0.5) is 0 Å². The second-order valence-electron chi connectivity index (χ2n) is 6.11. The molecule has 1 saturated carbocycles. The fourth-order valence-electron chi connectivity index (χ4n) is 3.02. The quantitative estimate of drug-likeness (QED) is 0.664. The van der Waals surface area contributed by atoms with Crippen LogP contribution in [-0.2, 0) is 4.79 Å². The molecule has 1 aliphatic carbocycles. The van der Waals surface area contributed by atoms with E-state index in [1.807, 2.05) is 0 Å². The first-order valence-electron chi connectivity index (χ1n) is 6.49. The summed E-state index contributed by atoms with van der Waals surface area (Å²) < 4.78 is 0. The Morgan fingerprint density at radius 2 is 1.60 bits per heavy atom. The van der Waals surface area contributed by atoms with E-state index in [4.69, 9.17) is 0 Å². The Hall–Kier alpha value is -0.330. The summed E-state index contributed by atoms with van der Waals surface area (Å²) >= 11 is 0. The molecule has 1 nitrogen and oxygen atoms in total. The summed E-state index contributed by atoms with van der Waals surface area (Å²) in [5.74, 6) is 1.71. The van der Waals surface area contributed by atoms with Crippen LogP contribution in [0, 0.1) is 17.3 Å². The summed E-state index contributed by atoms with van der Waals surface area (Å²) in [5, 5.41) is 0. The third-order valence-corrected chi connectivity index (χ3v) is 3.54. The highest BCUT2D eigenvalue weighted by Crippen LogP contribution is 2.45. The van der Waals surface area contributed by atoms with Crippen molar-refractivity contribution in [3.63, 3.8) is 0 Å². The van der Waals surface area contributed by atoms with Gasteiger partial charge in [0.2, 0.25) is 0 Å². The fraction of sp³-hybridized carbons (Fsp3) is 0.929. The van der Waals surface area contributed by atoms with Crippen molar-refractivity contribution in [2.45, 2.75) is 66.2 Å². The molecular weight excluding hydrogens is 184 g/mol. The molecule has 0 aromatic rings. The van der Waals surface area contributed by atoms with Crippen LogP contribution in [0.3, 0.4) is 0 Å². The second kappa shape index (κ2) is 5.14. The smallest absolute Gasteiger partial charge is 0.139 e. The SMILES string of the molecule is CC(C)CC(=O)C1(CC(C)C)CCCC1. The van der Waals surface area contributed by atoms with Gasteiger partial charge in [0.15, 0.2) is 0 Å². The van der Waals surface area contributed by atoms with Crippen molar-refractivity contribution in [2.75, 3.05) is 0 Å². The Bertz CT molecular complexity index is 209. The van der Waals surface area contributed by atoms with Gasteiger partial charge in [0.1, 0.15) is 5.78 Å². The number of Topliss-reactive ketones (excluding diaryl/α,β-unsaturated/α-hetero) is 1. The average molecular weight is 210 g/mol. The van der Waals surface area contributed by atoms with Crippen molar-refractivity contribution in [1.82, 2.24) is 0 Å². The molecule has 0 radical (unpaired) electrons. The van der Waals surface area contributed by atoms with E-state index >= 15 is 0 Å². The molecule has 0 saturated heterocycles. The van der Waals surface area contributed by atoms with Gasteiger partial charge in [0, 0.05) is 11.8 Å². The van der Waals surface area contributed by atoms with E-state index in [2.05, 4.69) is 27.7 Å². The van der Waals surface area contributed by atoms with Crippen LogP contribution in [0.1, 0.15) is 66.2 Å². The van der Waals surface area contributed by atoms with Crippen LogP contribution in [0.5, 0.6) is 0 Å². The van der Waals surface area contributed by atoms with Crippen molar-refractivity contribution in [3.8, 4) is 0 Å². The summed E-state index contributed by atoms with van der Waals surface area (Å²) in [6.45, 7) is 8.78. The first kappa shape index (κ1) is 12.7. The van der Waals surface area contributed by atoms with E-state index in [0.29, 0.717) is 17.6 Å². The average Bonchev–Trinajstić information content (AvgIpc) is 2.51. The lowest BCUT2D eigenvalue weighted by atomic mass is 9.73. The van der Waals surface area contributed by atoms with Gasteiger partial charge in [-0.3, -0.25) is 4.79 Å². The molecule has 0 amide bonds. The molecule has 0 heterocycles. The molecule has 15 heavy (non-hydrogen) atoms. The normalized spacial score (nSPS) is 20.1. The maximum absolute atomic E-state index is 12.3. The number of rotatable bonds is 5. The van der Waals surface area contributed by atoms with Crippen LogP contribution in [0.15, 0.2) is 0 Å². The van der Waals surface area contributed by atoms with Crippen LogP contribution >= 0.6 is 0 Å². The predicted molar refractivity (Wildman–Crippen MR) is 64.8 cm³/mol. The van der Waals surface area contributed by atoms with Crippen molar-refractivity contribution in [2.24, 2.45) is 17.3 Å². The molecule has 1 rings (SSSR count). The van der Waals surface area contributed by atoms with Gasteiger partial charge >= 0.3 is 0 Å². The predicted octanol–water partition coefficient (Wildman–Crippen LogP) is 4.21. The molecule has 1 fully saturated rings. The zero-order chi connectivity index (χ0) is 11.5. The zero-order valence-electron chi connectivity index (χ0n) is 10.8. The van der Waals surface area contributed by atoms with Crippen LogP contribution in [0.2, 0.25) is 0 Å². The lowest BCUT2D eigenvalue weighted by molar-refractivity contribution is -0.130. The molecule has 0 bridgehead atoms. The first-order valence-corrected chi connectivity index (χ1v) is 6.49. The lowest BCUT2D eigenvalue weighted by Gasteiger charge is -2.30. The van der Waals surface area contributed by atoms with Gasteiger partial charge in [-0.2, -0.15) is 0 Å². The van der Waals surface area contributed by atoms with E-state index in [1.165, 1.54) is 12.8 Å². The standard InChI is InChI=1S/C14H26O/c1-11(2)9-13(15)14(10-12(3)4)7-5-6-8-14/h11-12H,5-10H2,1-4H3. The third-order valence-electron chi connectivity index (χ3n) is 3.54. The number of hydrogen-bond donors (Lipinski definition) is 0.